The molecule has 1 rings (SSSR count). The van der Waals surface area contributed by atoms with E-state index in [0.717, 1.165) is 0 Å². The van der Waals surface area contributed by atoms with E-state index in [0.29, 0.717) is 15.8 Å². The minimum atomic E-state index is -2.56. The van der Waals surface area contributed by atoms with Gasteiger partial charge in [0.2, 0.25) is 0 Å². The smallest absolute Gasteiger partial charge is 0.312 e. The van der Waals surface area contributed by atoms with Crippen molar-refractivity contribution < 1.29 is 9.05 Å². The Morgan fingerprint density at radius 1 is 1.33 bits per heavy atom. The van der Waals surface area contributed by atoms with Crippen LogP contribution in [-0.4, -0.2) is 24.1 Å². The van der Waals surface area contributed by atoms with Crippen LogP contribution in [-0.2, 0) is 16.3 Å². The predicted octanol–water partition coefficient (Wildman–Crippen LogP) is 2.79. The van der Waals surface area contributed by atoms with Crippen molar-refractivity contribution in [3.63, 3.8) is 0 Å². The zero-order valence-corrected chi connectivity index (χ0v) is 13.0. The third kappa shape index (κ3) is 5.57. The molecule has 1 aromatic rings. The van der Waals surface area contributed by atoms with Crippen LogP contribution in [0, 0.1) is 0 Å². The van der Waals surface area contributed by atoms with Crippen LogP contribution in [0.4, 0.5) is 0 Å². The summed E-state index contributed by atoms with van der Waals surface area (Å²) in [5.41, 5.74) is 0. The van der Waals surface area contributed by atoms with Crippen molar-refractivity contribution >= 4 is 52.6 Å². The van der Waals surface area contributed by atoms with Crippen LogP contribution in [0.25, 0.3) is 0 Å². The highest BCUT2D eigenvalue weighted by molar-refractivity contribution is 8.09. The molecule has 0 fully saturated rings. The Labute approximate surface area is 127 Å². The third-order valence-corrected chi connectivity index (χ3v) is 5.04. The number of rotatable bonds is 5. The average Bonchev–Trinajstić information content (AvgIpc) is 2.21. The monoisotopic (exact) mass is 345 g/mol. The first-order valence-electron chi connectivity index (χ1n) is 4.94. The second-order valence-electron chi connectivity index (χ2n) is 3.63. The molecule has 1 N–H and O–H groups in total. The lowest BCUT2D eigenvalue weighted by molar-refractivity contribution is 0.375. The van der Waals surface area contributed by atoms with E-state index in [1.54, 1.807) is 18.2 Å². The van der Waals surface area contributed by atoms with Crippen molar-refractivity contribution in [2.24, 2.45) is 0 Å². The van der Waals surface area contributed by atoms with E-state index < -0.39 is 6.64 Å². The molecule has 104 valence electrons. The summed E-state index contributed by atoms with van der Waals surface area (Å²) in [6.45, 7) is 1.37. The molecule has 0 aliphatic carbocycles. The molecular weight excluding hydrogens is 328 g/mol. The average molecular weight is 346 g/mol. The van der Waals surface area contributed by atoms with Crippen molar-refractivity contribution in [1.82, 2.24) is 5.09 Å². The molecule has 0 saturated heterocycles. The molecular formula is C10H18Cl2NO2PSSi. The van der Waals surface area contributed by atoms with Gasteiger partial charge in [-0.2, -0.15) is 0 Å². The van der Waals surface area contributed by atoms with Crippen LogP contribution in [0.2, 0.25) is 10.0 Å². The fourth-order valence-corrected chi connectivity index (χ4v) is 3.77. The molecule has 0 aromatic heterocycles. The van der Waals surface area contributed by atoms with Gasteiger partial charge in [-0.15, -0.1) is 0 Å². The third-order valence-electron chi connectivity index (χ3n) is 1.77. The van der Waals surface area contributed by atoms with E-state index in [1.807, 2.05) is 13.8 Å². The maximum atomic E-state index is 6.01. The van der Waals surface area contributed by atoms with Crippen LogP contribution in [0.5, 0.6) is 5.75 Å². The van der Waals surface area contributed by atoms with Gasteiger partial charge in [-0.1, -0.05) is 23.2 Å². The molecule has 0 bridgehead atoms. The Morgan fingerprint density at radius 2 is 1.94 bits per heavy atom. The van der Waals surface area contributed by atoms with Crippen molar-refractivity contribution in [1.29, 1.82) is 0 Å². The van der Waals surface area contributed by atoms with Gasteiger partial charge in [0.1, 0.15) is 5.75 Å². The van der Waals surface area contributed by atoms with Crippen LogP contribution >= 0.6 is 29.8 Å². The first-order chi connectivity index (χ1) is 7.86. The van der Waals surface area contributed by atoms with Gasteiger partial charge in [-0.05, 0) is 54.8 Å². The van der Waals surface area contributed by atoms with E-state index in [-0.39, 0.29) is 17.0 Å². The first kappa shape index (κ1) is 18.4. The lowest BCUT2D eigenvalue weighted by Gasteiger charge is -2.24. The zero-order valence-electron chi connectivity index (χ0n) is 9.74. The quantitative estimate of drug-likeness (QED) is 0.656. The summed E-state index contributed by atoms with van der Waals surface area (Å²) in [5, 5.41) is 4.04. The van der Waals surface area contributed by atoms with E-state index in [9.17, 15) is 0 Å². The van der Waals surface area contributed by atoms with Gasteiger partial charge in [-0.3, -0.25) is 0 Å². The molecule has 0 heterocycles. The molecule has 18 heavy (non-hydrogen) atoms. The van der Waals surface area contributed by atoms with Gasteiger partial charge >= 0.3 is 6.64 Å². The molecule has 1 aromatic carbocycles. The number of hydrogen-bond donors (Lipinski definition) is 1. The molecule has 0 aliphatic heterocycles. The summed E-state index contributed by atoms with van der Waals surface area (Å²) in [4.78, 5) is 0. The van der Waals surface area contributed by atoms with Gasteiger partial charge < -0.3 is 9.05 Å². The molecule has 1 unspecified atom stereocenters. The van der Waals surface area contributed by atoms with Crippen molar-refractivity contribution in [2.75, 3.05) is 7.11 Å². The second kappa shape index (κ2) is 7.85. The molecule has 0 aliphatic rings. The van der Waals surface area contributed by atoms with E-state index >= 15 is 0 Å². The highest BCUT2D eigenvalue weighted by Gasteiger charge is 2.21. The summed E-state index contributed by atoms with van der Waals surface area (Å²) in [7, 11) is 1.51. The maximum absolute atomic E-state index is 6.01. The first-order valence-corrected chi connectivity index (χ1v) is 8.34. The van der Waals surface area contributed by atoms with Crippen LogP contribution in [0.1, 0.15) is 13.8 Å². The highest BCUT2D eigenvalue weighted by atomic mass is 35.5. The summed E-state index contributed by atoms with van der Waals surface area (Å²) < 4.78 is 10.9. The normalized spacial score (nSPS) is 13.9. The molecule has 3 nitrogen and oxygen atoms in total. The lowest BCUT2D eigenvalue weighted by Crippen LogP contribution is -2.22. The van der Waals surface area contributed by atoms with Gasteiger partial charge in [0, 0.05) is 18.2 Å². The molecule has 0 radical (unpaired) electrons. The SMILES string of the molecule is COP(=S)(NC(C)C)Oc1ccc(Cl)cc1Cl.[SiH4]. The summed E-state index contributed by atoms with van der Waals surface area (Å²) in [5.74, 6) is 0.467. The number of hydrogen-bond acceptors (Lipinski definition) is 3. The molecule has 0 amide bonds. The zero-order chi connectivity index (χ0) is 13.1. The fourth-order valence-electron chi connectivity index (χ4n) is 1.11. The van der Waals surface area contributed by atoms with Crippen LogP contribution < -0.4 is 9.61 Å². The second-order valence-corrected chi connectivity index (χ2v) is 7.72. The number of nitrogens with one attached hydrogen (secondary N) is 1. The minimum absolute atomic E-state index is 0. The Bertz CT molecular complexity index is 448. The van der Waals surface area contributed by atoms with Gasteiger partial charge in [-0.25, -0.2) is 5.09 Å². The summed E-state index contributed by atoms with van der Waals surface area (Å²) in [6, 6.07) is 5.12. The lowest BCUT2D eigenvalue weighted by atomic mass is 10.3. The Hall–Kier alpha value is 0.387. The number of benzene rings is 1. The number of halogens is 2. The largest absolute Gasteiger partial charge is 0.431 e. The van der Waals surface area contributed by atoms with E-state index in [4.69, 9.17) is 44.1 Å². The van der Waals surface area contributed by atoms with Gasteiger partial charge in [0.15, 0.2) is 0 Å². The van der Waals surface area contributed by atoms with Crippen molar-refractivity contribution in [3.8, 4) is 5.75 Å². The molecule has 8 heteroatoms. The van der Waals surface area contributed by atoms with E-state index in [2.05, 4.69) is 5.09 Å². The van der Waals surface area contributed by atoms with Crippen LogP contribution in [0.15, 0.2) is 18.2 Å². The molecule has 1 atom stereocenters. The highest BCUT2D eigenvalue weighted by Crippen LogP contribution is 2.46. The van der Waals surface area contributed by atoms with Gasteiger partial charge in [0.05, 0.1) is 5.02 Å². The molecule has 0 spiro atoms. The van der Waals surface area contributed by atoms with E-state index in [1.165, 1.54) is 7.11 Å². The topological polar surface area (TPSA) is 30.5 Å². The Kier molecular flexibility index (Phi) is 8.02. The maximum Gasteiger partial charge on any atom is 0.312 e. The van der Waals surface area contributed by atoms with Gasteiger partial charge in [0.25, 0.3) is 0 Å². The Morgan fingerprint density at radius 3 is 2.39 bits per heavy atom. The predicted molar refractivity (Wildman–Crippen MR) is 88.0 cm³/mol. The van der Waals surface area contributed by atoms with Crippen molar-refractivity contribution in [2.45, 2.75) is 19.9 Å². The van der Waals surface area contributed by atoms with Crippen LogP contribution in [0.3, 0.4) is 0 Å². The summed E-state index contributed by atoms with van der Waals surface area (Å²) in [6.07, 6.45) is 0. The standard InChI is InChI=1S/C10H14Cl2NO2PS.H4Si/c1-7(2)13-16(17,14-3)15-10-5-4-8(11)6-9(10)12;/h4-7H,1-3H3,(H,13,17);1H4. The molecule has 0 saturated carbocycles. The fraction of sp³-hybridized carbons (Fsp3) is 0.400. The summed E-state index contributed by atoms with van der Waals surface area (Å²) >= 11 is 17.1. The minimum Gasteiger partial charge on any atom is -0.431 e. The van der Waals surface area contributed by atoms with Crippen molar-refractivity contribution in [3.05, 3.63) is 28.2 Å². The Balaban J connectivity index is 0.00000289.